The van der Waals surface area contributed by atoms with Crippen LogP contribution in [0.2, 0.25) is 0 Å². The highest BCUT2D eigenvalue weighted by Crippen LogP contribution is 2.28. The predicted molar refractivity (Wildman–Crippen MR) is 69.1 cm³/mol. The van der Waals surface area contributed by atoms with Crippen molar-refractivity contribution in [2.45, 2.75) is 32.1 Å². The van der Waals surface area contributed by atoms with Gasteiger partial charge in [-0.3, -0.25) is 0 Å². The summed E-state index contributed by atoms with van der Waals surface area (Å²) < 4.78 is 0. The number of nitrogens with zero attached hydrogens (tertiary/aromatic N) is 3. The number of aliphatic hydroxyl groups excluding tert-OH is 1. The fourth-order valence-electron chi connectivity index (χ4n) is 2.14. The smallest absolute Gasteiger partial charge is 0.134 e. The Hall–Kier alpha value is -2.29. The second-order valence-electron chi connectivity index (χ2n) is 4.25. The Labute approximate surface area is 113 Å². The van der Waals surface area contributed by atoms with Crippen LogP contribution in [0.15, 0.2) is 22.4 Å². The van der Waals surface area contributed by atoms with Crippen LogP contribution < -0.4 is 5.32 Å². The van der Waals surface area contributed by atoms with E-state index >= 15 is 0 Å². The minimum Gasteiger partial charge on any atom is -0.395 e. The van der Waals surface area contributed by atoms with E-state index < -0.39 is 0 Å². The van der Waals surface area contributed by atoms with Crippen LogP contribution in [0, 0.1) is 34.0 Å². The zero-order chi connectivity index (χ0) is 14.1. The average Bonchev–Trinajstić information content (AvgIpc) is 2.41. The summed E-state index contributed by atoms with van der Waals surface area (Å²) in [6, 6.07) is 5.84. The van der Waals surface area contributed by atoms with E-state index in [1.54, 1.807) is 0 Å². The summed E-state index contributed by atoms with van der Waals surface area (Å²) in [7, 11) is 0. The molecule has 5 nitrogen and oxygen atoms in total. The van der Waals surface area contributed by atoms with Crippen LogP contribution in [0.3, 0.4) is 0 Å². The van der Waals surface area contributed by atoms with Gasteiger partial charge in [0.15, 0.2) is 0 Å². The van der Waals surface area contributed by atoms with Crippen LogP contribution in [0.25, 0.3) is 0 Å². The summed E-state index contributed by atoms with van der Waals surface area (Å²) >= 11 is 0. The molecule has 0 fully saturated rings. The molecule has 0 aromatic rings. The van der Waals surface area contributed by atoms with Gasteiger partial charge >= 0.3 is 0 Å². The van der Waals surface area contributed by atoms with E-state index in [4.69, 9.17) is 15.6 Å². The number of nitriles is 3. The topological polar surface area (TPSA) is 104 Å². The molecule has 0 aliphatic heterocycles. The van der Waals surface area contributed by atoms with Crippen molar-refractivity contribution in [3.05, 3.63) is 22.4 Å². The lowest BCUT2D eigenvalue weighted by Gasteiger charge is -2.18. The first-order chi connectivity index (χ1) is 9.28. The van der Waals surface area contributed by atoms with Crippen molar-refractivity contribution in [1.82, 2.24) is 5.32 Å². The Balaban J connectivity index is 3.30. The molecule has 0 bridgehead atoms. The molecule has 0 aromatic carbocycles. The van der Waals surface area contributed by atoms with Gasteiger partial charge in [0.05, 0.1) is 12.2 Å². The molecule has 0 amide bonds. The molecule has 98 valence electrons. The molecule has 1 aliphatic rings. The number of aliphatic hydroxyl groups is 1. The van der Waals surface area contributed by atoms with Gasteiger partial charge in [-0.05, 0) is 25.7 Å². The molecule has 0 unspecified atom stereocenters. The molecule has 2 N–H and O–H groups in total. The first-order valence-corrected chi connectivity index (χ1v) is 6.30. The maximum atomic E-state index is 9.32. The van der Waals surface area contributed by atoms with E-state index in [9.17, 15) is 5.26 Å². The zero-order valence-corrected chi connectivity index (χ0v) is 10.7. The van der Waals surface area contributed by atoms with Crippen molar-refractivity contribution in [2.75, 3.05) is 13.2 Å². The molecule has 0 spiro atoms. The summed E-state index contributed by atoms with van der Waals surface area (Å²) in [6.07, 6.45) is 4.11. The third-order valence-electron chi connectivity index (χ3n) is 3.04. The fraction of sp³-hybridized carbons (Fsp3) is 0.500. The van der Waals surface area contributed by atoms with E-state index in [2.05, 4.69) is 11.4 Å². The van der Waals surface area contributed by atoms with Crippen molar-refractivity contribution in [3.8, 4) is 18.2 Å². The quantitative estimate of drug-likeness (QED) is 0.747. The Morgan fingerprint density at radius 2 is 1.79 bits per heavy atom. The first kappa shape index (κ1) is 14.8. The lowest BCUT2D eigenvalue weighted by molar-refractivity contribution is 0.296. The van der Waals surface area contributed by atoms with Gasteiger partial charge in [0.2, 0.25) is 0 Å². The molecule has 0 aromatic heterocycles. The summed E-state index contributed by atoms with van der Waals surface area (Å²) in [4.78, 5) is 0. The van der Waals surface area contributed by atoms with Crippen LogP contribution in [0.4, 0.5) is 0 Å². The molecule has 0 radical (unpaired) electrons. The predicted octanol–water partition coefficient (Wildman–Crippen LogP) is 1.65. The average molecular weight is 256 g/mol. The molecule has 5 heteroatoms. The van der Waals surface area contributed by atoms with Crippen LogP contribution in [0.1, 0.15) is 32.1 Å². The van der Waals surface area contributed by atoms with Crippen LogP contribution in [-0.2, 0) is 0 Å². The minimum atomic E-state index is -0.0232. The van der Waals surface area contributed by atoms with Gasteiger partial charge in [0, 0.05) is 17.8 Å². The van der Waals surface area contributed by atoms with E-state index in [0.29, 0.717) is 30.5 Å². The van der Waals surface area contributed by atoms with Gasteiger partial charge in [-0.15, -0.1) is 0 Å². The van der Waals surface area contributed by atoms with E-state index in [1.807, 2.05) is 12.1 Å². The number of hydrogen-bond acceptors (Lipinski definition) is 5. The standard InChI is InChI=1S/C14H16N4O/c15-8-11(9-16)12-4-2-1-3-5-14(13(12)10-17)18-6-7-19/h18-19H,1-7H2/b14-13+. The number of nitrogens with one attached hydrogen (secondary N) is 1. The first-order valence-electron chi connectivity index (χ1n) is 6.30. The second-order valence-corrected chi connectivity index (χ2v) is 4.25. The fourth-order valence-corrected chi connectivity index (χ4v) is 2.14. The third-order valence-corrected chi connectivity index (χ3v) is 3.04. The van der Waals surface area contributed by atoms with Crippen LogP contribution in [-0.4, -0.2) is 18.3 Å². The highest BCUT2D eigenvalue weighted by atomic mass is 16.3. The van der Waals surface area contributed by atoms with Gasteiger partial charge in [0.1, 0.15) is 23.8 Å². The Morgan fingerprint density at radius 1 is 1.11 bits per heavy atom. The SMILES string of the molecule is N#CC(C#N)=C1CCCCC/C(NCCO)=C\1C#N. The van der Waals surface area contributed by atoms with Crippen molar-refractivity contribution in [1.29, 1.82) is 15.8 Å². The largest absolute Gasteiger partial charge is 0.395 e. The van der Waals surface area contributed by atoms with E-state index in [1.165, 1.54) is 0 Å². The molecule has 0 heterocycles. The summed E-state index contributed by atoms with van der Waals surface area (Å²) in [5.74, 6) is 0. The van der Waals surface area contributed by atoms with Gasteiger partial charge in [-0.2, -0.15) is 15.8 Å². The highest BCUT2D eigenvalue weighted by Gasteiger charge is 2.18. The Morgan fingerprint density at radius 3 is 2.37 bits per heavy atom. The molecule has 1 aliphatic carbocycles. The maximum Gasteiger partial charge on any atom is 0.134 e. The van der Waals surface area contributed by atoms with Gasteiger partial charge in [-0.25, -0.2) is 0 Å². The Bertz CT molecular complexity index is 495. The van der Waals surface area contributed by atoms with Crippen molar-refractivity contribution < 1.29 is 5.11 Å². The number of rotatable bonds is 3. The van der Waals surface area contributed by atoms with Crippen LogP contribution >= 0.6 is 0 Å². The summed E-state index contributed by atoms with van der Waals surface area (Å²) in [6.45, 7) is 0.340. The molecule has 19 heavy (non-hydrogen) atoms. The lowest BCUT2D eigenvalue weighted by Crippen LogP contribution is -2.20. The minimum absolute atomic E-state index is 0.0155. The van der Waals surface area contributed by atoms with Crippen molar-refractivity contribution in [2.24, 2.45) is 0 Å². The molecule has 1 rings (SSSR count). The normalized spacial score (nSPS) is 19.4. The van der Waals surface area contributed by atoms with Gasteiger partial charge in [0.25, 0.3) is 0 Å². The Kier molecular flexibility index (Phi) is 6.16. The lowest BCUT2D eigenvalue weighted by atomic mass is 9.90. The van der Waals surface area contributed by atoms with Gasteiger partial charge in [-0.1, -0.05) is 6.42 Å². The summed E-state index contributed by atoms with van der Waals surface area (Å²) in [5.41, 5.74) is 1.68. The van der Waals surface area contributed by atoms with E-state index in [-0.39, 0.29) is 12.2 Å². The molecule has 0 atom stereocenters. The third kappa shape index (κ3) is 3.85. The number of allylic oxidation sites excluding steroid dienone is 4. The van der Waals surface area contributed by atoms with Crippen molar-refractivity contribution >= 4 is 0 Å². The van der Waals surface area contributed by atoms with Gasteiger partial charge < -0.3 is 10.4 Å². The highest BCUT2D eigenvalue weighted by molar-refractivity contribution is 5.55. The zero-order valence-electron chi connectivity index (χ0n) is 10.7. The molecular formula is C14H16N4O. The molecule has 0 saturated carbocycles. The summed E-state index contributed by atoms with van der Waals surface area (Å²) in [5, 5.41) is 39.2. The molecule has 0 saturated heterocycles. The van der Waals surface area contributed by atoms with Crippen molar-refractivity contribution in [3.63, 3.8) is 0 Å². The monoisotopic (exact) mass is 256 g/mol. The maximum absolute atomic E-state index is 9.32. The second kappa shape index (κ2) is 7.93. The molecular weight excluding hydrogens is 240 g/mol. The van der Waals surface area contributed by atoms with E-state index in [0.717, 1.165) is 25.0 Å². The number of hydrogen-bond donors (Lipinski definition) is 2. The van der Waals surface area contributed by atoms with Crippen LogP contribution in [0.5, 0.6) is 0 Å².